The molecule has 9 heteroatoms. The van der Waals surface area contributed by atoms with E-state index >= 15 is 0 Å². The molecule has 2 fully saturated rings. The minimum atomic E-state index is -0.427. The van der Waals surface area contributed by atoms with Gasteiger partial charge in [0.25, 0.3) is 11.8 Å². The van der Waals surface area contributed by atoms with Gasteiger partial charge in [0.15, 0.2) is 0 Å². The Labute approximate surface area is 251 Å². The van der Waals surface area contributed by atoms with Crippen LogP contribution in [-0.2, 0) is 11.3 Å². The molecular formula is C34H36N6O3. The fraction of sp³-hybridized carbons (Fsp3) is 0.382. The van der Waals surface area contributed by atoms with Crippen LogP contribution in [-0.4, -0.2) is 68.7 Å². The highest BCUT2D eigenvalue weighted by Crippen LogP contribution is 2.23. The largest absolute Gasteiger partial charge is 0.365 e. The minimum absolute atomic E-state index is 0.0461. The van der Waals surface area contributed by atoms with Crippen LogP contribution in [0, 0.1) is 11.3 Å². The van der Waals surface area contributed by atoms with Gasteiger partial charge in [-0.1, -0.05) is 18.7 Å². The summed E-state index contributed by atoms with van der Waals surface area (Å²) in [5.74, 6) is -0.0952. The van der Waals surface area contributed by atoms with Crippen LogP contribution in [0.25, 0.3) is 12.2 Å². The number of ether oxygens (including phenoxy) is 1. The molecule has 0 spiro atoms. The highest BCUT2D eigenvalue weighted by Gasteiger charge is 2.27. The number of likely N-dealkylation sites (tertiary alicyclic amines) is 2. The van der Waals surface area contributed by atoms with Gasteiger partial charge in [0, 0.05) is 55.9 Å². The zero-order chi connectivity index (χ0) is 29.8. The number of hydrogen-bond donors (Lipinski definition) is 0. The average Bonchev–Trinajstić information content (AvgIpc) is 3.55. The van der Waals surface area contributed by atoms with Crippen LogP contribution in [0.2, 0.25) is 0 Å². The van der Waals surface area contributed by atoms with Crippen molar-refractivity contribution in [2.24, 2.45) is 0 Å². The van der Waals surface area contributed by atoms with Crippen molar-refractivity contribution in [3.05, 3.63) is 93.9 Å². The van der Waals surface area contributed by atoms with Crippen LogP contribution in [0.1, 0.15) is 76.5 Å². The molecule has 0 saturated carbocycles. The lowest BCUT2D eigenvalue weighted by Gasteiger charge is -2.32. The Bertz CT molecular complexity index is 1660. The number of hydrogen-bond acceptors (Lipinski definition) is 6. The van der Waals surface area contributed by atoms with Gasteiger partial charge in [-0.05, 0) is 90.4 Å². The van der Waals surface area contributed by atoms with Crippen molar-refractivity contribution >= 4 is 24.0 Å². The van der Waals surface area contributed by atoms with Crippen LogP contribution in [0.3, 0.4) is 0 Å². The Morgan fingerprint density at radius 1 is 1.05 bits per heavy atom. The number of rotatable bonds is 6. The van der Waals surface area contributed by atoms with Crippen molar-refractivity contribution in [3.8, 4) is 6.07 Å². The predicted molar refractivity (Wildman–Crippen MR) is 162 cm³/mol. The molecule has 2 saturated heterocycles. The number of benzene rings is 1. The maximum absolute atomic E-state index is 14.0. The van der Waals surface area contributed by atoms with Crippen LogP contribution < -0.4 is 10.4 Å². The van der Waals surface area contributed by atoms with E-state index in [1.165, 1.54) is 0 Å². The van der Waals surface area contributed by atoms with Crippen molar-refractivity contribution in [2.75, 3.05) is 26.2 Å². The fourth-order valence-electron chi connectivity index (χ4n) is 6.17. The summed E-state index contributed by atoms with van der Waals surface area (Å²) >= 11 is 0. The molecule has 0 bridgehead atoms. The Hall–Kier alpha value is -4.55. The van der Waals surface area contributed by atoms with Gasteiger partial charge >= 0.3 is 0 Å². The fourth-order valence-corrected chi connectivity index (χ4v) is 6.17. The average molecular weight is 577 g/mol. The molecule has 4 heterocycles. The number of amides is 2. The molecule has 0 N–H and O–H groups in total. The van der Waals surface area contributed by atoms with Crippen molar-refractivity contribution in [3.63, 3.8) is 0 Å². The van der Waals surface area contributed by atoms with E-state index in [0.29, 0.717) is 36.3 Å². The molecule has 6 rings (SSSR count). The minimum Gasteiger partial charge on any atom is -0.365 e. The van der Waals surface area contributed by atoms with E-state index in [9.17, 15) is 9.59 Å². The molecule has 2 aliphatic heterocycles. The zero-order valence-electron chi connectivity index (χ0n) is 24.3. The number of fused-ring (bicyclic) bond motifs is 1. The van der Waals surface area contributed by atoms with Crippen LogP contribution in [0.15, 0.2) is 61.1 Å². The molecule has 1 aliphatic carbocycles. The summed E-state index contributed by atoms with van der Waals surface area (Å²) in [5.41, 5.74) is 3.13. The summed E-state index contributed by atoms with van der Waals surface area (Å²) < 4.78 is 8.26. The summed E-state index contributed by atoms with van der Waals surface area (Å²) in [6.45, 7) is 7.28. The highest BCUT2D eigenvalue weighted by molar-refractivity contribution is 6.00. The molecule has 0 radical (unpaired) electrons. The van der Waals surface area contributed by atoms with Crippen LogP contribution in [0.5, 0.6) is 0 Å². The summed E-state index contributed by atoms with van der Waals surface area (Å²) in [6, 6.07) is 11.4. The van der Waals surface area contributed by atoms with Crippen LogP contribution >= 0.6 is 0 Å². The SMILES string of the molecule is C=C1CC=c2cc(C(=O)N3CCC(n4cccn4)CC3)cc(C(=O)N3CCCCC3)c2=CC1OCc1ccc(C#N)nc1. The second-order valence-corrected chi connectivity index (χ2v) is 11.5. The third-order valence-electron chi connectivity index (χ3n) is 8.66. The first-order valence-corrected chi connectivity index (χ1v) is 15.1. The molecule has 2 amide bonds. The molecule has 220 valence electrons. The van der Waals surface area contributed by atoms with Gasteiger partial charge in [0.1, 0.15) is 11.8 Å². The standard InChI is InChI=1S/C34H36N6O3/c1-24-6-8-26-18-27(33(41)39-16-10-29(11-17-39)40-15-5-12-37-40)19-31(34(42)38-13-3-2-4-14-38)30(26)20-32(24)43-23-25-7-9-28(21-35)36-22-25/h5,7-9,12,15,18-20,22,29,32H,1-4,6,10-11,13-14,16-17,23H2. The summed E-state index contributed by atoms with van der Waals surface area (Å²) in [6.07, 6.45) is 14.3. The number of nitriles is 1. The second-order valence-electron chi connectivity index (χ2n) is 11.5. The lowest BCUT2D eigenvalue weighted by Crippen LogP contribution is -2.43. The van der Waals surface area contributed by atoms with E-state index in [2.05, 4.69) is 22.7 Å². The van der Waals surface area contributed by atoms with Crippen molar-refractivity contribution in [1.82, 2.24) is 24.6 Å². The predicted octanol–water partition coefficient (Wildman–Crippen LogP) is 3.36. The molecule has 43 heavy (non-hydrogen) atoms. The molecule has 1 atom stereocenters. The van der Waals surface area contributed by atoms with E-state index in [1.54, 1.807) is 24.5 Å². The van der Waals surface area contributed by atoms with Gasteiger partial charge < -0.3 is 14.5 Å². The molecular weight excluding hydrogens is 540 g/mol. The number of piperidine rings is 2. The van der Waals surface area contributed by atoms with Crippen LogP contribution in [0.4, 0.5) is 0 Å². The highest BCUT2D eigenvalue weighted by atomic mass is 16.5. The number of carbonyl (C=O) groups is 2. The van der Waals surface area contributed by atoms with E-state index in [4.69, 9.17) is 10.00 Å². The molecule has 2 aromatic heterocycles. The normalized spacial score (nSPS) is 19.0. The molecule has 1 unspecified atom stereocenters. The van der Waals surface area contributed by atoms with Crippen molar-refractivity contribution < 1.29 is 14.3 Å². The Morgan fingerprint density at radius 3 is 2.53 bits per heavy atom. The number of aromatic nitrogens is 3. The number of carbonyl (C=O) groups excluding carboxylic acids is 2. The second kappa shape index (κ2) is 12.8. The summed E-state index contributed by atoms with van der Waals surface area (Å²) in [5, 5.41) is 15.1. The molecule has 3 aliphatic rings. The van der Waals surface area contributed by atoms with Crippen molar-refractivity contribution in [1.29, 1.82) is 5.26 Å². The van der Waals surface area contributed by atoms with E-state index < -0.39 is 6.10 Å². The van der Waals surface area contributed by atoms with Gasteiger partial charge in [0.2, 0.25) is 0 Å². The third-order valence-corrected chi connectivity index (χ3v) is 8.66. The Kier molecular flexibility index (Phi) is 8.47. The van der Waals surface area contributed by atoms with Gasteiger partial charge in [-0.2, -0.15) is 10.4 Å². The first-order chi connectivity index (χ1) is 21.0. The first kappa shape index (κ1) is 28.6. The topological polar surface area (TPSA) is 104 Å². The first-order valence-electron chi connectivity index (χ1n) is 15.1. The molecule has 1 aromatic carbocycles. The quantitative estimate of drug-likeness (QED) is 0.417. The third kappa shape index (κ3) is 6.30. The van der Waals surface area contributed by atoms with Gasteiger partial charge in [-0.3, -0.25) is 14.3 Å². The lowest BCUT2D eigenvalue weighted by atomic mass is 9.99. The summed E-state index contributed by atoms with van der Waals surface area (Å²) in [4.78, 5) is 35.8. The Balaban J connectivity index is 1.31. The molecule has 9 nitrogen and oxygen atoms in total. The summed E-state index contributed by atoms with van der Waals surface area (Å²) in [7, 11) is 0. The molecule has 3 aromatic rings. The van der Waals surface area contributed by atoms with Gasteiger partial charge in [-0.15, -0.1) is 0 Å². The smallest absolute Gasteiger partial charge is 0.254 e. The van der Waals surface area contributed by atoms with E-state index in [-0.39, 0.29) is 24.5 Å². The lowest BCUT2D eigenvalue weighted by molar-refractivity contribution is 0.0689. The zero-order valence-corrected chi connectivity index (χ0v) is 24.3. The van der Waals surface area contributed by atoms with E-state index in [0.717, 1.165) is 66.8 Å². The number of pyridine rings is 1. The number of nitrogens with zero attached hydrogens (tertiary/aromatic N) is 6. The maximum atomic E-state index is 14.0. The van der Waals surface area contributed by atoms with E-state index in [1.807, 2.05) is 51.0 Å². The Morgan fingerprint density at radius 2 is 1.84 bits per heavy atom. The van der Waals surface area contributed by atoms with Gasteiger partial charge in [0.05, 0.1) is 18.8 Å². The van der Waals surface area contributed by atoms with Crippen molar-refractivity contribution in [2.45, 2.75) is 57.3 Å². The maximum Gasteiger partial charge on any atom is 0.254 e. The van der Waals surface area contributed by atoms with Gasteiger partial charge in [-0.25, -0.2) is 4.98 Å². The monoisotopic (exact) mass is 576 g/mol.